The lowest BCUT2D eigenvalue weighted by molar-refractivity contribution is -0.145. The van der Waals surface area contributed by atoms with Crippen molar-refractivity contribution in [3.8, 4) is 0 Å². The van der Waals surface area contributed by atoms with Gasteiger partial charge in [-0.25, -0.2) is 9.97 Å². The summed E-state index contributed by atoms with van der Waals surface area (Å²) in [4.78, 5) is 7.15. The van der Waals surface area contributed by atoms with Gasteiger partial charge in [-0.1, -0.05) is 12.8 Å². The average Bonchev–Trinajstić information content (AvgIpc) is 2.81. The second-order valence-electron chi connectivity index (χ2n) is 4.47. The molecule has 1 saturated carbocycles. The third-order valence-corrected chi connectivity index (χ3v) is 4.16. The normalized spacial score (nSPS) is 16.8. The highest BCUT2D eigenvalue weighted by molar-refractivity contribution is 7.99. The Kier molecular flexibility index (Phi) is 4.54. The molecule has 0 aromatic carbocycles. The topological polar surface area (TPSA) is 37.8 Å². The van der Waals surface area contributed by atoms with Crippen LogP contribution < -0.4 is 5.32 Å². The van der Waals surface area contributed by atoms with Crippen LogP contribution in [0, 0.1) is 0 Å². The maximum Gasteiger partial charge on any atom is 0.451 e. The fourth-order valence-electron chi connectivity index (χ4n) is 2.06. The van der Waals surface area contributed by atoms with Gasteiger partial charge in [-0.05, 0) is 19.8 Å². The zero-order chi connectivity index (χ0) is 13.9. The zero-order valence-electron chi connectivity index (χ0n) is 10.6. The summed E-state index contributed by atoms with van der Waals surface area (Å²) >= 11 is 1.43. The Morgan fingerprint density at radius 3 is 2.58 bits per heavy atom. The Labute approximate surface area is 114 Å². The van der Waals surface area contributed by atoms with Crippen LogP contribution >= 0.6 is 11.8 Å². The predicted octanol–water partition coefficient (Wildman–Crippen LogP) is 3.96. The van der Waals surface area contributed by atoms with Gasteiger partial charge >= 0.3 is 6.18 Å². The fourth-order valence-corrected chi connectivity index (χ4v) is 3.29. The lowest BCUT2D eigenvalue weighted by atomic mass is 10.4. The number of alkyl halides is 3. The lowest BCUT2D eigenvalue weighted by Gasteiger charge is -2.12. The molecular weight excluding hydrogens is 275 g/mol. The Morgan fingerprint density at radius 1 is 1.32 bits per heavy atom. The Balaban J connectivity index is 2.22. The first-order valence-corrected chi connectivity index (χ1v) is 7.24. The number of nitrogens with one attached hydrogen (secondary N) is 1. The molecule has 0 radical (unpaired) electrons. The summed E-state index contributed by atoms with van der Waals surface area (Å²) in [5.41, 5.74) is 0. The minimum atomic E-state index is -4.50. The van der Waals surface area contributed by atoms with Crippen molar-refractivity contribution in [1.82, 2.24) is 9.97 Å². The highest BCUT2D eigenvalue weighted by Gasteiger charge is 2.35. The summed E-state index contributed by atoms with van der Waals surface area (Å²) in [6, 6.07) is 1.60. The van der Waals surface area contributed by atoms with Crippen LogP contribution in [0.3, 0.4) is 0 Å². The molecule has 1 aromatic rings. The van der Waals surface area contributed by atoms with E-state index in [1.807, 2.05) is 6.92 Å². The van der Waals surface area contributed by atoms with Crippen molar-refractivity contribution >= 4 is 17.6 Å². The average molecular weight is 291 g/mol. The predicted molar refractivity (Wildman–Crippen MR) is 69.3 cm³/mol. The minimum absolute atomic E-state index is 0.241. The molecule has 3 nitrogen and oxygen atoms in total. The number of hydrogen-bond acceptors (Lipinski definition) is 4. The summed E-state index contributed by atoms with van der Waals surface area (Å²) in [6.45, 7) is 2.35. The summed E-state index contributed by atoms with van der Waals surface area (Å²) in [5, 5.41) is 3.61. The van der Waals surface area contributed by atoms with Gasteiger partial charge in [0.15, 0.2) is 0 Å². The Hall–Kier alpha value is -0.980. The maximum absolute atomic E-state index is 12.7. The molecule has 1 heterocycles. The van der Waals surface area contributed by atoms with Crippen LogP contribution in [-0.4, -0.2) is 21.8 Å². The third-order valence-electron chi connectivity index (χ3n) is 2.90. The van der Waals surface area contributed by atoms with Crippen molar-refractivity contribution in [2.45, 2.75) is 49.1 Å². The maximum atomic E-state index is 12.7. The largest absolute Gasteiger partial charge is 0.451 e. The molecular formula is C12H16F3N3S. The van der Waals surface area contributed by atoms with Crippen LogP contribution in [0.15, 0.2) is 11.1 Å². The van der Waals surface area contributed by atoms with Crippen molar-refractivity contribution in [3.05, 3.63) is 11.9 Å². The van der Waals surface area contributed by atoms with Crippen LogP contribution in [0.25, 0.3) is 0 Å². The molecule has 0 unspecified atom stereocenters. The molecule has 0 saturated heterocycles. The summed E-state index contributed by atoms with van der Waals surface area (Å²) in [5.74, 6) is -0.822. The molecule has 1 fully saturated rings. The van der Waals surface area contributed by atoms with Gasteiger partial charge in [-0.3, -0.25) is 0 Å². The first kappa shape index (κ1) is 14.4. The number of halogens is 3. The molecule has 1 aliphatic rings. The van der Waals surface area contributed by atoms with E-state index in [2.05, 4.69) is 15.3 Å². The van der Waals surface area contributed by atoms with Crippen molar-refractivity contribution in [3.63, 3.8) is 0 Å². The van der Waals surface area contributed by atoms with Gasteiger partial charge in [-0.2, -0.15) is 13.2 Å². The van der Waals surface area contributed by atoms with Gasteiger partial charge < -0.3 is 5.32 Å². The van der Waals surface area contributed by atoms with Crippen LogP contribution in [-0.2, 0) is 6.18 Å². The number of thioether (sulfide) groups is 1. The van der Waals surface area contributed by atoms with E-state index in [-0.39, 0.29) is 5.82 Å². The number of rotatable bonds is 4. The molecule has 1 aliphatic carbocycles. The van der Waals surface area contributed by atoms with E-state index in [4.69, 9.17) is 0 Å². The van der Waals surface area contributed by atoms with Crippen molar-refractivity contribution in [2.24, 2.45) is 0 Å². The van der Waals surface area contributed by atoms with Crippen LogP contribution in [0.1, 0.15) is 38.4 Å². The SMILES string of the molecule is CCNc1cc(SC2CCCC2)nc(C(F)(F)F)n1. The zero-order valence-corrected chi connectivity index (χ0v) is 11.4. The van der Waals surface area contributed by atoms with Crippen LogP contribution in [0.4, 0.5) is 19.0 Å². The highest BCUT2D eigenvalue weighted by atomic mass is 32.2. The molecule has 1 N–H and O–H groups in total. The summed E-state index contributed by atoms with van der Waals surface area (Å²) < 4.78 is 38.2. The van der Waals surface area contributed by atoms with Gasteiger partial charge in [-0.15, -0.1) is 11.8 Å². The first-order chi connectivity index (χ1) is 8.99. The molecule has 0 bridgehead atoms. The van der Waals surface area contributed by atoms with Gasteiger partial charge in [0.25, 0.3) is 0 Å². The van der Waals surface area contributed by atoms with E-state index in [0.29, 0.717) is 16.8 Å². The van der Waals surface area contributed by atoms with Crippen LogP contribution in [0.2, 0.25) is 0 Å². The van der Waals surface area contributed by atoms with E-state index >= 15 is 0 Å². The Bertz CT molecular complexity index is 431. The van der Waals surface area contributed by atoms with Gasteiger partial charge in [0, 0.05) is 17.9 Å². The molecule has 7 heteroatoms. The quantitative estimate of drug-likeness (QED) is 0.852. The van der Waals surface area contributed by atoms with Crippen molar-refractivity contribution in [1.29, 1.82) is 0 Å². The van der Waals surface area contributed by atoms with Gasteiger partial charge in [0.1, 0.15) is 10.8 Å². The number of nitrogens with zero attached hydrogens (tertiary/aromatic N) is 2. The fraction of sp³-hybridized carbons (Fsp3) is 0.667. The van der Waals surface area contributed by atoms with Gasteiger partial charge in [0.2, 0.25) is 5.82 Å². The molecule has 2 rings (SSSR count). The molecule has 0 aliphatic heterocycles. The van der Waals surface area contributed by atoms with E-state index in [9.17, 15) is 13.2 Å². The molecule has 0 amide bonds. The highest BCUT2D eigenvalue weighted by Crippen LogP contribution is 2.36. The van der Waals surface area contributed by atoms with E-state index in [1.165, 1.54) is 11.8 Å². The van der Waals surface area contributed by atoms with Gasteiger partial charge in [0.05, 0.1) is 0 Å². The minimum Gasteiger partial charge on any atom is -0.370 e. The molecule has 1 aromatic heterocycles. The lowest BCUT2D eigenvalue weighted by Crippen LogP contribution is -2.14. The number of hydrogen-bond donors (Lipinski definition) is 1. The number of anilines is 1. The summed E-state index contributed by atoms with van der Waals surface area (Å²) in [7, 11) is 0. The monoisotopic (exact) mass is 291 g/mol. The van der Waals surface area contributed by atoms with Crippen molar-refractivity contribution < 1.29 is 13.2 Å². The third kappa shape index (κ3) is 3.99. The van der Waals surface area contributed by atoms with E-state index in [0.717, 1.165) is 25.7 Å². The van der Waals surface area contributed by atoms with Crippen LogP contribution in [0.5, 0.6) is 0 Å². The second-order valence-corrected chi connectivity index (χ2v) is 5.79. The standard InChI is InChI=1S/C12H16F3N3S/c1-2-16-9-7-10(19-8-5-3-4-6-8)18-11(17-9)12(13,14)15/h7-8H,2-6H2,1H3,(H,16,17,18). The molecule has 19 heavy (non-hydrogen) atoms. The summed E-state index contributed by atoms with van der Waals surface area (Å²) in [6.07, 6.45) is -0.112. The Morgan fingerprint density at radius 2 is 2.00 bits per heavy atom. The molecule has 0 spiro atoms. The first-order valence-electron chi connectivity index (χ1n) is 6.36. The smallest absolute Gasteiger partial charge is 0.370 e. The molecule has 106 valence electrons. The molecule has 0 atom stereocenters. The second kappa shape index (κ2) is 5.98. The number of aromatic nitrogens is 2. The van der Waals surface area contributed by atoms with E-state index in [1.54, 1.807) is 6.07 Å². The van der Waals surface area contributed by atoms with E-state index < -0.39 is 12.0 Å². The van der Waals surface area contributed by atoms with Crippen molar-refractivity contribution in [2.75, 3.05) is 11.9 Å².